The number of hydrogen-bond acceptors (Lipinski definition) is 3. The molecule has 18 heavy (non-hydrogen) atoms. The van der Waals surface area contributed by atoms with Crippen LogP contribution in [0.15, 0.2) is 18.2 Å². The summed E-state index contributed by atoms with van der Waals surface area (Å²) in [5.41, 5.74) is 1.70. The lowest BCUT2D eigenvalue weighted by molar-refractivity contribution is -0.0510. The van der Waals surface area contributed by atoms with Crippen LogP contribution in [0, 0.1) is 12.3 Å². The van der Waals surface area contributed by atoms with Crippen molar-refractivity contribution in [3.63, 3.8) is 0 Å². The summed E-state index contributed by atoms with van der Waals surface area (Å²) in [6, 6.07) is 5.34. The zero-order valence-corrected chi connectivity index (χ0v) is 10.9. The van der Waals surface area contributed by atoms with E-state index in [1.165, 1.54) is 0 Å². The van der Waals surface area contributed by atoms with Gasteiger partial charge < -0.3 is 15.5 Å². The molecule has 98 valence electrons. The number of aryl methyl sites for hydroxylation is 1. The number of aliphatic hydroxyl groups is 1. The number of aliphatic hydroxyl groups excluding tert-OH is 1. The quantitative estimate of drug-likeness (QED) is 0.768. The Morgan fingerprint density at radius 1 is 1.44 bits per heavy atom. The molecule has 0 amide bonds. The summed E-state index contributed by atoms with van der Waals surface area (Å²) >= 11 is 0. The van der Waals surface area contributed by atoms with Gasteiger partial charge in [0.25, 0.3) is 0 Å². The van der Waals surface area contributed by atoms with Crippen LogP contribution in [0.25, 0.3) is 0 Å². The molecule has 1 saturated carbocycles. The lowest BCUT2D eigenvalue weighted by Gasteiger charge is -2.50. The monoisotopic (exact) mass is 249 g/mol. The van der Waals surface area contributed by atoms with Gasteiger partial charge in [-0.1, -0.05) is 19.9 Å². The highest BCUT2D eigenvalue weighted by Gasteiger charge is 2.47. The average molecular weight is 249 g/mol. The molecule has 0 saturated heterocycles. The van der Waals surface area contributed by atoms with Crippen LogP contribution in [0.1, 0.15) is 36.2 Å². The molecule has 0 aromatic heterocycles. The maximum atomic E-state index is 11.2. The third-order valence-electron chi connectivity index (χ3n) is 3.95. The molecule has 1 fully saturated rings. The molecule has 2 unspecified atom stereocenters. The van der Waals surface area contributed by atoms with E-state index in [1.807, 2.05) is 26.8 Å². The van der Waals surface area contributed by atoms with Gasteiger partial charge in [0.05, 0.1) is 11.7 Å². The van der Waals surface area contributed by atoms with E-state index >= 15 is 0 Å². The van der Waals surface area contributed by atoms with Crippen molar-refractivity contribution in [2.24, 2.45) is 5.41 Å². The van der Waals surface area contributed by atoms with Crippen LogP contribution < -0.4 is 5.32 Å². The number of carbonyl (C=O) groups is 1. The first-order valence-electron chi connectivity index (χ1n) is 6.11. The van der Waals surface area contributed by atoms with Crippen molar-refractivity contribution in [3.05, 3.63) is 29.3 Å². The second-order valence-corrected chi connectivity index (χ2v) is 5.62. The molecule has 2 rings (SSSR count). The van der Waals surface area contributed by atoms with Crippen molar-refractivity contribution in [3.8, 4) is 0 Å². The second-order valence-electron chi connectivity index (χ2n) is 5.62. The number of aromatic carboxylic acids is 1. The molecule has 1 aliphatic carbocycles. The van der Waals surface area contributed by atoms with E-state index in [1.54, 1.807) is 12.1 Å². The largest absolute Gasteiger partial charge is 0.478 e. The van der Waals surface area contributed by atoms with Gasteiger partial charge in [-0.25, -0.2) is 4.79 Å². The van der Waals surface area contributed by atoms with Crippen molar-refractivity contribution in [1.29, 1.82) is 0 Å². The highest BCUT2D eigenvalue weighted by atomic mass is 16.4. The predicted molar refractivity (Wildman–Crippen MR) is 70.0 cm³/mol. The van der Waals surface area contributed by atoms with Crippen molar-refractivity contribution < 1.29 is 15.0 Å². The van der Waals surface area contributed by atoms with Crippen molar-refractivity contribution in [2.75, 3.05) is 5.32 Å². The first kappa shape index (κ1) is 12.9. The smallest absolute Gasteiger partial charge is 0.337 e. The van der Waals surface area contributed by atoms with Crippen LogP contribution in [0.5, 0.6) is 0 Å². The Labute approximate surface area is 107 Å². The third kappa shape index (κ3) is 2.08. The Hall–Kier alpha value is -1.55. The van der Waals surface area contributed by atoms with E-state index in [0.29, 0.717) is 12.1 Å². The standard InChI is InChI=1S/C14H19NO3/c1-8-4-5-9(13(17)18)10(6-8)15-11-7-12(16)14(11,2)3/h4-6,11-12,15-16H,7H2,1-3H3,(H,17,18). The van der Waals surface area contributed by atoms with E-state index in [0.717, 1.165) is 5.56 Å². The van der Waals surface area contributed by atoms with E-state index < -0.39 is 5.97 Å². The number of carboxylic acids is 1. The van der Waals surface area contributed by atoms with Crippen LogP contribution in [0.4, 0.5) is 5.69 Å². The summed E-state index contributed by atoms with van der Waals surface area (Å²) in [7, 11) is 0. The lowest BCUT2D eigenvalue weighted by atomic mass is 9.64. The zero-order chi connectivity index (χ0) is 13.5. The van der Waals surface area contributed by atoms with Gasteiger partial charge in [-0.2, -0.15) is 0 Å². The Kier molecular flexibility index (Phi) is 3.07. The van der Waals surface area contributed by atoms with E-state index in [-0.39, 0.29) is 23.1 Å². The van der Waals surface area contributed by atoms with E-state index in [9.17, 15) is 9.90 Å². The SMILES string of the molecule is Cc1ccc(C(=O)O)c(NC2CC(O)C2(C)C)c1. The number of benzene rings is 1. The van der Waals surface area contributed by atoms with Crippen LogP contribution in [-0.2, 0) is 0 Å². The van der Waals surface area contributed by atoms with Gasteiger partial charge in [-0.05, 0) is 31.0 Å². The molecular formula is C14H19NO3. The number of carboxylic acid groups (broad SMARTS) is 1. The Bertz CT molecular complexity index is 482. The normalized spacial score (nSPS) is 25.3. The molecule has 1 aliphatic rings. The second kappa shape index (κ2) is 4.28. The summed E-state index contributed by atoms with van der Waals surface area (Å²) < 4.78 is 0. The number of hydrogen-bond donors (Lipinski definition) is 3. The summed E-state index contributed by atoms with van der Waals surface area (Å²) in [6.45, 7) is 5.89. The molecule has 4 heteroatoms. The van der Waals surface area contributed by atoms with Crippen molar-refractivity contribution >= 4 is 11.7 Å². The van der Waals surface area contributed by atoms with E-state index in [4.69, 9.17) is 5.11 Å². The van der Waals surface area contributed by atoms with Gasteiger partial charge in [0.1, 0.15) is 0 Å². The van der Waals surface area contributed by atoms with Crippen molar-refractivity contribution in [1.82, 2.24) is 0 Å². The molecule has 0 heterocycles. The minimum Gasteiger partial charge on any atom is -0.478 e. The highest BCUT2D eigenvalue weighted by molar-refractivity contribution is 5.94. The first-order chi connectivity index (χ1) is 8.32. The Morgan fingerprint density at radius 3 is 2.61 bits per heavy atom. The molecule has 0 aliphatic heterocycles. The zero-order valence-electron chi connectivity index (χ0n) is 10.9. The lowest BCUT2D eigenvalue weighted by Crippen LogP contribution is -2.57. The molecule has 0 spiro atoms. The summed E-state index contributed by atoms with van der Waals surface area (Å²) in [5.74, 6) is -0.935. The highest BCUT2D eigenvalue weighted by Crippen LogP contribution is 2.42. The molecule has 0 radical (unpaired) electrons. The Morgan fingerprint density at radius 2 is 2.11 bits per heavy atom. The number of nitrogens with one attached hydrogen (secondary N) is 1. The average Bonchev–Trinajstić information content (AvgIpc) is 2.28. The fourth-order valence-electron chi connectivity index (χ4n) is 2.30. The van der Waals surface area contributed by atoms with Gasteiger partial charge in [0.15, 0.2) is 0 Å². The maximum absolute atomic E-state index is 11.2. The maximum Gasteiger partial charge on any atom is 0.337 e. The minimum absolute atomic E-state index is 0.104. The number of rotatable bonds is 3. The molecule has 0 bridgehead atoms. The molecule has 1 aromatic carbocycles. The molecule has 1 aromatic rings. The minimum atomic E-state index is -0.935. The van der Waals surface area contributed by atoms with Gasteiger partial charge >= 0.3 is 5.97 Å². The van der Waals surface area contributed by atoms with E-state index in [2.05, 4.69) is 5.32 Å². The van der Waals surface area contributed by atoms with Crippen LogP contribution >= 0.6 is 0 Å². The van der Waals surface area contributed by atoms with Crippen LogP contribution in [0.2, 0.25) is 0 Å². The topological polar surface area (TPSA) is 69.6 Å². The van der Waals surface area contributed by atoms with Gasteiger partial charge in [0.2, 0.25) is 0 Å². The first-order valence-corrected chi connectivity index (χ1v) is 6.11. The predicted octanol–water partition coefficient (Wildman–Crippen LogP) is 2.26. The summed E-state index contributed by atoms with van der Waals surface area (Å²) in [6.07, 6.45) is 0.327. The molecule has 2 atom stereocenters. The summed E-state index contributed by atoms with van der Waals surface area (Å²) in [4.78, 5) is 11.2. The molecule has 4 nitrogen and oxygen atoms in total. The Balaban J connectivity index is 2.24. The van der Waals surface area contributed by atoms with Crippen molar-refractivity contribution in [2.45, 2.75) is 39.3 Å². The van der Waals surface area contributed by atoms with Crippen LogP contribution in [-0.4, -0.2) is 28.3 Å². The van der Waals surface area contributed by atoms with Gasteiger partial charge in [-0.15, -0.1) is 0 Å². The fourth-order valence-corrected chi connectivity index (χ4v) is 2.30. The molecular weight excluding hydrogens is 230 g/mol. The van der Waals surface area contributed by atoms with Crippen LogP contribution in [0.3, 0.4) is 0 Å². The molecule has 3 N–H and O–H groups in total. The summed E-state index contributed by atoms with van der Waals surface area (Å²) in [5, 5.41) is 22.1. The number of anilines is 1. The van der Waals surface area contributed by atoms with Gasteiger partial charge in [-0.3, -0.25) is 0 Å². The third-order valence-corrected chi connectivity index (χ3v) is 3.95. The fraction of sp³-hybridized carbons (Fsp3) is 0.500. The van der Waals surface area contributed by atoms with Gasteiger partial charge in [0, 0.05) is 17.1 Å².